The fourth-order valence-corrected chi connectivity index (χ4v) is 3.45. The van der Waals surface area contributed by atoms with Gasteiger partial charge in [0.15, 0.2) is 0 Å². The van der Waals surface area contributed by atoms with Crippen molar-refractivity contribution in [3.05, 3.63) is 70.7 Å². The van der Waals surface area contributed by atoms with Crippen LogP contribution in [0, 0.1) is 0 Å². The van der Waals surface area contributed by atoms with E-state index >= 15 is 0 Å². The van der Waals surface area contributed by atoms with Gasteiger partial charge in [-0.05, 0) is 36.6 Å². The van der Waals surface area contributed by atoms with E-state index in [1.54, 1.807) is 0 Å². The number of halogens is 1. The van der Waals surface area contributed by atoms with Crippen molar-refractivity contribution in [1.82, 2.24) is 15.5 Å². The summed E-state index contributed by atoms with van der Waals surface area (Å²) < 4.78 is 0. The van der Waals surface area contributed by atoms with Gasteiger partial charge < -0.3 is 15.5 Å². The lowest BCUT2D eigenvalue weighted by molar-refractivity contribution is -0.129. The van der Waals surface area contributed by atoms with Crippen LogP contribution in [0.4, 0.5) is 4.79 Å². The quantitative estimate of drug-likeness (QED) is 0.798. The molecule has 0 bridgehead atoms. The first-order chi connectivity index (χ1) is 13.0. The number of carbonyl (C=O) groups is 2. The molecule has 0 aliphatic carbocycles. The maximum Gasteiger partial charge on any atom is 0.315 e. The van der Waals surface area contributed by atoms with Crippen LogP contribution in [0.2, 0.25) is 5.02 Å². The third-order valence-corrected chi connectivity index (χ3v) is 5.11. The highest BCUT2D eigenvalue weighted by molar-refractivity contribution is 6.30. The summed E-state index contributed by atoms with van der Waals surface area (Å²) in [7, 11) is 0. The van der Waals surface area contributed by atoms with Crippen molar-refractivity contribution >= 4 is 23.5 Å². The summed E-state index contributed by atoms with van der Waals surface area (Å²) in [6.07, 6.45) is 1.06. The van der Waals surface area contributed by atoms with Crippen LogP contribution in [0.5, 0.6) is 0 Å². The standard InChI is InChI=1S/C21H24ClN3O2/c1-15(17-5-3-2-4-6-17)25-14-19(13-20(25)26)24-21(27)23-12-11-16-7-9-18(22)10-8-16/h2-10,15,19H,11-14H2,1H3,(H2,23,24,27). The molecule has 1 saturated heterocycles. The molecule has 0 radical (unpaired) electrons. The van der Waals surface area contributed by atoms with Crippen molar-refractivity contribution in [1.29, 1.82) is 0 Å². The van der Waals surface area contributed by atoms with E-state index in [-0.39, 0.29) is 24.0 Å². The van der Waals surface area contributed by atoms with Crippen molar-refractivity contribution in [3.63, 3.8) is 0 Å². The highest BCUT2D eigenvalue weighted by Crippen LogP contribution is 2.25. The molecule has 27 heavy (non-hydrogen) atoms. The van der Waals surface area contributed by atoms with Crippen LogP contribution in [-0.4, -0.2) is 36.0 Å². The monoisotopic (exact) mass is 385 g/mol. The van der Waals surface area contributed by atoms with E-state index in [1.807, 2.05) is 66.4 Å². The average molecular weight is 386 g/mol. The molecule has 3 rings (SSSR count). The predicted octanol–water partition coefficient (Wildman–Crippen LogP) is 3.54. The Labute approximate surface area is 164 Å². The summed E-state index contributed by atoms with van der Waals surface area (Å²) in [5.74, 6) is 0.0674. The second kappa shape index (κ2) is 8.91. The highest BCUT2D eigenvalue weighted by Gasteiger charge is 2.33. The smallest absolute Gasteiger partial charge is 0.315 e. The van der Waals surface area contributed by atoms with E-state index < -0.39 is 0 Å². The fraction of sp³-hybridized carbons (Fsp3) is 0.333. The Balaban J connectivity index is 1.45. The van der Waals surface area contributed by atoms with Crippen molar-refractivity contribution in [2.75, 3.05) is 13.1 Å². The van der Waals surface area contributed by atoms with Gasteiger partial charge in [-0.2, -0.15) is 0 Å². The van der Waals surface area contributed by atoms with Crippen molar-refractivity contribution < 1.29 is 9.59 Å². The Morgan fingerprint density at radius 3 is 2.59 bits per heavy atom. The molecule has 0 saturated carbocycles. The van der Waals surface area contributed by atoms with Crippen LogP contribution >= 0.6 is 11.6 Å². The topological polar surface area (TPSA) is 61.4 Å². The molecule has 3 amide bonds. The van der Waals surface area contributed by atoms with Crippen LogP contribution in [-0.2, 0) is 11.2 Å². The third kappa shape index (κ3) is 5.23. The number of carbonyl (C=O) groups excluding carboxylic acids is 2. The van der Waals surface area contributed by atoms with E-state index in [2.05, 4.69) is 10.6 Å². The van der Waals surface area contributed by atoms with Crippen LogP contribution in [0.15, 0.2) is 54.6 Å². The lowest BCUT2D eigenvalue weighted by Gasteiger charge is -2.25. The van der Waals surface area contributed by atoms with Gasteiger partial charge in [0.1, 0.15) is 0 Å². The van der Waals surface area contributed by atoms with Gasteiger partial charge in [0.25, 0.3) is 0 Å². The molecule has 142 valence electrons. The lowest BCUT2D eigenvalue weighted by Crippen LogP contribution is -2.44. The zero-order chi connectivity index (χ0) is 19.2. The minimum absolute atomic E-state index is 0.00142. The number of benzene rings is 2. The maximum absolute atomic E-state index is 12.4. The van der Waals surface area contributed by atoms with Crippen molar-refractivity contribution in [2.24, 2.45) is 0 Å². The first-order valence-electron chi connectivity index (χ1n) is 9.16. The molecule has 5 nitrogen and oxygen atoms in total. The van der Waals surface area contributed by atoms with Crippen LogP contribution < -0.4 is 10.6 Å². The van der Waals surface area contributed by atoms with Gasteiger partial charge >= 0.3 is 6.03 Å². The fourth-order valence-electron chi connectivity index (χ4n) is 3.32. The Morgan fingerprint density at radius 1 is 1.19 bits per heavy atom. The summed E-state index contributed by atoms with van der Waals surface area (Å²) in [5, 5.41) is 6.46. The van der Waals surface area contributed by atoms with Crippen molar-refractivity contribution in [3.8, 4) is 0 Å². The zero-order valence-electron chi connectivity index (χ0n) is 15.3. The van der Waals surface area contributed by atoms with E-state index in [0.717, 1.165) is 17.5 Å². The number of likely N-dealkylation sites (tertiary alicyclic amines) is 1. The molecule has 2 aromatic carbocycles. The summed E-state index contributed by atoms with van der Waals surface area (Å²) in [6.45, 7) is 3.07. The molecule has 1 heterocycles. The molecule has 1 fully saturated rings. The summed E-state index contributed by atoms with van der Waals surface area (Å²) >= 11 is 5.86. The second-order valence-corrected chi connectivity index (χ2v) is 7.25. The minimum Gasteiger partial charge on any atom is -0.338 e. The van der Waals surface area contributed by atoms with E-state index in [9.17, 15) is 9.59 Å². The number of hydrogen-bond acceptors (Lipinski definition) is 2. The number of nitrogens with zero attached hydrogens (tertiary/aromatic N) is 1. The first-order valence-corrected chi connectivity index (χ1v) is 9.54. The Bertz CT molecular complexity index is 780. The zero-order valence-corrected chi connectivity index (χ0v) is 16.1. The molecule has 2 atom stereocenters. The molecule has 2 aromatic rings. The summed E-state index contributed by atoms with van der Waals surface area (Å²) in [6, 6.07) is 17.1. The molecular weight excluding hydrogens is 362 g/mol. The number of hydrogen-bond donors (Lipinski definition) is 2. The third-order valence-electron chi connectivity index (χ3n) is 4.86. The average Bonchev–Trinajstić information content (AvgIpc) is 3.03. The molecule has 6 heteroatoms. The van der Waals surface area contributed by atoms with Gasteiger partial charge in [-0.25, -0.2) is 4.79 Å². The molecule has 2 unspecified atom stereocenters. The highest BCUT2D eigenvalue weighted by atomic mass is 35.5. The van der Waals surface area contributed by atoms with E-state index in [1.165, 1.54) is 0 Å². The van der Waals surface area contributed by atoms with Crippen LogP contribution in [0.25, 0.3) is 0 Å². The number of rotatable bonds is 6. The van der Waals surface area contributed by atoms with Gasteiger partial charge in [0.2, 0.25) is 5.91 Å². The van der Waals surface area contributed by atoms with Gasteiger partial charge in [0.05, 0.1) is 12.1 Å². The summed E-state index contributed by atoms with van der Waals surface area (Å²) in [4.78, 5) is 26.3. The second-order valence-electron chi connectivity index (χ2n) is 6.81. The van der Waals surface area contributed by atoms with Gasteiger partial charge in [-0.15, -0.1) is 0 Å². The van der Waals surface area contributed by atoms with Crippen LogP contribution in [0.1, 0.15) is 30.5 Å². The van der Waals surface area contributed by atoms with Crippen molar-refractivity contribution in [2.45, 2.75) is 31.8 Å². The largest absolute Gasteiger partial charge is 0.338 e. The molecule has 1 aliphatic rings. The maximum atomic E-state index is 12.4. The Kier molecular flexibility index (Phi) is 6.35. The van der Waals surface area contributed by atoms with Gasteiger partial charge in [-0.1, -0.05) is 54.1 Å². The molecule has 1 aliphatic heterocycles. The minimum atomic E-state index is -0.240. The normalized spacial score (nSPS) is 17.6. The molecule has 0 spiro atoms. The Morgan fingerprint density at radius 2 is 1.89 bits per heavy atom. The number of nitrogens with one attached hydrogen (secondary N) is 2. The van der Waals surface area contributed by atoms with Crippen LogP contribution in [0.3, 0.4) is 0 Å². The predicted molar refractivity (Wildman–Crippen MR) is 107 cm³/mol. The first kappa shape index (κ1) is 19.2. The molecule has 0 aromatic heterocycles. The number of amides is 3. The molecular formula is C21H24ClN3O2. The van der Waals surface area contributed by atoms with E-state index in [0.29, 0.717) is 24.5 Å². The number of urea groups is 1. The Hall–Kier alpha value is -2.53. The SMILES string of the molecule is CC(c1ccccc1)N1CC(NC(=O)NCCc2ccc(Cl)cc2)CC1=O. The van der Waals surface area contributed by atoms with E-state index in [4.69, 9.17) is 11.6 Å². The van der Waals surface area contributed by atoms with Gasteiger partial charge in [-0.3, -0.25) is 4.79 Å². The van der Waals surface area contributed by atoms with Gasteiger partial charge in [0, 0.05) is 24.5 Å². The summed E-state index contributed by atoms with van der Waals surface area (Å²) in [5.41, 5.74) is 2.21. The molecule has 2 N–H and O–H groups in total. The lowest BCUT2D eigenvalue weighted by atomic mass is 10.1.